The molecule has 1 aromatic carbocycles. The molecule has 0 spiro atoms. The number of thioether (sulfide) groups is 1. The number of aliphatic hydroxyl groups is 1. The molecule has 2 unspecified atom stereocenters. The van der Waals surface area contributed by atoms with Gasteiger partial charge in [-0.2, -0.15) is 11.8 Å². The van der Waals surface area contributed by atoms with Crippen LogP contribution in [0.5, 0.6) is 0 Å². The fourth-order valence-corrected chi connectivity index (χ4v) is 2.13. The summed E-state index contributed by atoms with van der Waals surface area (Å²) in [6.45, 7) is 4.14. The molecule has 4 heteroatoms. The zero-order chi connectivity index (χ0) is 12.1. The van der Waals surface area contributed by atoms with E-state index in [1.807, 2.05) is 0 Å². The number of hydrogen-bond acceptors (Lipinski definition) is 2. The minimum Gasteiger partial charge on any atom is -0.388 e. The quantitative estimate of drug-likeness (QED) is 0.857. The molecule has 0 aliphatic carbocycles. The largest absolute Gasteiger partial charge is 0.388 e. The van der Waals surface area contributed by atoms with Crippen LogP contribution in [0.1, 0.15) is 31.9 Å². The molecule has 1 N–H and O–H groups in total. The average Bonchev–Trinajstić information content (AvgIpc) is 2.29. The van der Waals surface area contributed by atoms with Crippen LogP contribution >= 0.6 is 11.8 Å². The Bertz CT molecular complexity index is 344. The topological polar surface area (TPSA) is 20.2 Å². The highest BCUT2D eigenvalue weighted by atomic mass is 32.2. The first kappa shape index (κ1) is 13.5. The number of hydrogen-bond donors (Lipinski definition) is 1. The lowest BCUT2D eigenvalue weighted by atomic mass is 10.1. The average molecular weight is 246 g/mol. The van der Waals surface area contributed by atoms with Crippen molar-refractivity contribution in [3.05, 3.63) is 35.4 Å². The van der Waals surface area contributed by atoms with Crippen LogP contribution in [0.2, 0.25) is 0 Å². The van der Waals surface area contributed by atoms with Gasteiger partial charge in [0.15, 0.2) is 11.6 Å². The molecule has 90 valence electrons. The molecule has 0 fully saturated rings. The Hall–Kier alpha value is -0.610. The minimum absolute atomic E-state index is 0.426. The van der Waals surface area contributed by atoms with E-state index >= 15 is 0 Å². The Balaban J connectivity index is 2.59. The molecule has 0 bridgehead atoms. The van der Waals surface area contributed by atoms with E-state index in [4.69, 9.17) is 0 Å². The summed E-state index contributed by atoms with van der Waals surface area (Å²) in [6.07, 6.45) is 0.281. The molecule has 2 atom stereocenters. The van der Waals surface area contributed by atoms with Crippen molar-refractivity contribution in [2.75, 3.05) is 5.75 Å². The highest BCUT2D eigenvalue weighted by molar-refractivity contribution is 7.99. The molecule has 16 heavy (non-hydrogen) atoms. The molecule has 1 rings (SSSR count). The summed E-state index contributed by atoms with van der Waals surface area (Å²) in [4.78, 5) is 0. The normalized spacial score (nSPS) is 14.8. The van der Waals surface area contributed by atoms with Crippen LogP contribution in [-0.2, 0) is 0 Å². The van der Waals surface area contributed by atoms with E-state index in [0.29, 0.717) is 16.6 Å². The van der Waals surface area contributed by atoms with Gasteiger partial charge in [0.25, 0.3) is 0 Å². The van der Waals surface area contributed by atoms with Crippen molar-refractivity contribution >= 4 is 11.8 Å². The van der Waals surface area contributed by atoms with Crippen LogP contribution in [0, 0.1) is 11.6 Å². The van der Waals surface area contributed by atoms with Gasteiger partial charge in [0.05, 0.1) is 6.10 Å². The van der Waals surface area contributed by atoms with Gasteiger partial charge in [-0.15, -0.1) is 0 Å². The molecule has 1 nitrogen and oxygen atoms in total. The first-order valence-corrected chi connectivity index (χ1v) is 6.34. The molecule has 0 saturated heterocycles. The second-order valence-electron chi connectivity index (χ2n) is 3.74. The number of benzene rings is 1. The van der Waals surface area contributed by atoms with E-state index in [-0.39, 0.29) is 0 Å². The van der Waals surface area contributed by atoms with Gasteiger partial charge < -0.3 is 5.11 Å². The Morgan fingerprint density at radius 2 is 2.00 bits per heavy atom. The maximum absolute atomic E-state index is 12.9. The molecule has 0 amide bonds. The highest BCUT2D eigenvalue weighted by Gasteiger charge is 2.12. The second-order valence-corrected chi connectivity index (χ2v) is 5.21. The summed E-state index contributed by atoms with van der Waals surface area (Å²) in [5.41, 5.74) is 0.426. The van der Waals surface area contributed by atoms with Crippen LogP contribution in [0.3, 0.4) is 0 Å². The maximum atomic E-state index is 12.9. The van der Waals surface area contributed by atoms with Crippen molar-refractivity contribution < 1.29 is 13.9 Å². The van der Waals surface area contributed by atoms with Gasteiger partial charge >= 0.3 is 0 Å². The lowest BCUT2D eigenvalue weighted by molar-refractivity contribution is 0.203. The Morgan fingerprint density at radius 3 is 2.56 bits per heavy atom. The second kappa shape index (κ2) is 6.21. The van der Waals surface area contributed by atoms with Gasteiger partial charge in [-0.1, -0.05) is 19.9 Å². The minimum atomic E-state index is -0.912. The van der Waals surface area contributed by atoms with Crippen molar-refractivity contribution in [2.45, 2.75) is 31.6 Å². The Morgan fingerprint density at radius 1 is 1.31 bits per heavy atom. The van der Waals surface area contributed by atoms with Gasteiger partial charge in [-0.25, -0.2) is 8.78 Å². The van der Waals surface area contributed by atoms with Gasteiger partial charge in [-0.3, -0.25) is 0 Å². The lowest BCUT2D eigenvalue weighted by Crippen LogP contribution is -2.05. The summed E-state index contributed by atoms with van der Waals surface area (Å²) < 4.78 is 25.6. The molecule has 0 saturated carbocycles. The van der Waals surface area contributed by atoms with E-state index in [2.05, 4.69) is 13.8 Å². The first-order valence-electron chi connectivity index (χ1n) is 5.29. The Labute approximate surface area is 98.9 Å². The fourth-order valence-electron chi connectivity index (χ4n) is 1.19. The fraction of sp³-hybridized carbons (Fsp3) is 0.500. The molecular formula is C12H16F2OS. The van der Waals surface area contributed by atoms with Crippen molar-refractivity contribution in [3.8, 4) is 0 Å². The third-order valence-electron chi connectivity index (χ3n) is 2.44. The number of rotatable bonds is 5. The summed E-state index contributed by atoms with van der Waals surface area (Å²) in [7, 11) is 0. The predicted octanol–water partition coefficient (Wildman–Crippen LogP) is 3.53. The molecule has 0 aromatic heterocycles. The van der Waals surface area contributed by atoms with Crippen molar-refractivity contribution in [2.24, 2.45) is 0 Å². The van der Waals surface area contributed by atoms with E-state index in [1.165, 1.54) is 6.07 Å². The maximum Gasteiger partial charge on any atom is 0.159 e. The zero-order valence-corrected chi connectivity index (χ0v) is 10.2. The van der Waals surface area contributed by atoms with Gasteiger partial charge in [0.1, 0.15) is 0 Å². The van der Waals surface area contributed by atoms with Gasteiger partial charge in [0.2, 0.25) is 0 Å². The number of aliphatic hydroxyl groups excluding tert-OH is 1. The van der Waals surface area contributed by atoms with Crippen LogP contribution in [0.25, 0.3) is 0 Å². The van der Waals surface area contributed by atoms with E-state index < -0.39 is 17.7 Å². The van der Waals surface area contributed by atoms with Crippen LogP contribution in [0.4, 0.5) is 8.78 Å². The van der Waals surface area contributed by atoms with Crippen molar-refractivity contribution in [1.29, 1.82) is 0 Å². The van der Waals surface area contributed by atoms with Crippen LogP contribution < -0.4 is 0 Å². The van der Waals surface area contributed by atoms with E-state index in [0.717, 1.165) is 18.6 Å². The molecule has 0 radical (unpaired) electrons. The van der Waals surface area contributed by atoms with Crippen molar-refractivity contribution in [1.82, 2.24) is 0 Å². The monoisotopic (exact) mass is 246 g/mol. The molecular weight excluding hydrogens is 230 g/mol. The zero-order valence-electron chi connectivity index (χ0n) is 9.41. The lowest BCUT2D eigenvalue weighted by Gasteiger charge is -2.13. The van der Waals surface area contributed by atoms with E-state index in [9.17, 15) is 13.9 Å². The highest BCUT2D eigenvalue weighted by Crippen LogP contribution is 2.23. The third-order valence-corrected chi connectivity index (χ3v) is 3.85. The standard InChI is InChI=1S/C12H16F2OS/c1-3-8(2)16-7-12(15)9-4-5-10(13)11(14)6-9/h4-6,8,12,15H,3,7H2,1-2H3. The molecule has 0 heterocycles. The predicted molar refractivity (Wildman–Crippen MR) is 63.5 cm³/mol. The molecule has 0 aliphatic heterocycles. The summed E-state index contributed by atoms with van der Waals surface area (Å²) in [5, 5.41) is 10.2. The van der Waals surface area contributed by atoms with Gasteiger partial charge in [-0.05, 0) is 24.1 Å². The SMILES string of the molecule is CCC(C)SCC(O)c1ccc(F)c(F)c1. The summed E-state index contributed by atoms with van der Waals surface area (Å²) >= 11 is 1.62. The first-order chi connectivity index (χ1) is 7.54. The summed E-state index contributed by atoms with van der Waals surface area (Å²) in [6, 6.07) is 3.51. The van der Waals surface area contributed by atoms with Crippen LogP contribution in [0.15, 0.2) is 18.2 Å². The van der Waals surface area contributed by atoms with Crippen molar-refractivity contribution in [3.63, 3.8) is 0 Å². The van der Waals surface area contributed by atoms with Crippen LogP contribution in [-0.4, -0.2) is 16.1 Å². The summed E-state index contributed by atoms with van der Waals surface area (Å²) in [5.74, 6) is -1.30. The van der Waals surface area contributed by atoms with E-state index in [1.54, 1.807) is 11.8 Å². The smallest absolute Gasteiger partial charge is 0.159 e. The third kappa shape index (κ3) is 3.76. The molecule has 1 aromatic rings. The number of halogens is 2. The molecule has 0 aliphatic rings. The van der Waals surface area contributed by atoms with Gasteiger partial charge in [0, 0.05) is 11.0 Å². The Kier molecular flexibility index (Phi) is 5.22.